The minimum atomic E-state index is -0.437. The van der Waals surface area contributed by atoms with Gasteiger partial charge in [0.2, 0.25) is 0 Å². The first kappa shape index (κ1) is 18.5. The van der Waals surface area contributed by atoms with Crippen LogP contribution in [0.15, 0.2) is 0 Å². The third-order valence-electron chi connectivity index (χ3n) is 2.52. The van der Waals surface area contributed by atoms with Gasteiger partial charge in [0.1, 0.15) is 5.78 Å². The molecule has 19 heavy (non-hydrogen) atoms. The van der Waals surface area contributed by atoms with Crippen LogP contribution in [0.25, 0.3) is 0 Å². The molecule has 0 fully saturated rings. The Morgan fingerprint density at radius 3 is 1.89 bits per heavy atom. The van der Waals surface area contributed by atoms with Crippen molar-refractivity contribution in [1.29, 1.82) is 0 Å². The molecule has 0 amide bonds. The summed E-state index contributed by atoms with van der Waals surface area (Å²) in [5.74, 6) is 0.186. The standard InChI is InChI=1S/C14H28O5/c1-4-7-13(15)12-14(18-10-5-8-16-2)19-11-6-9-17-3/h14H,4-12H2,1-3H3. The Hall–Kier alpha value is -0.490. The van der Waals surface area contributed by atoms with E-state index in [1.807, 2.05) is 6.92 Å². The molecule has 114 valence electrons. The van der Waals surface area contributed by atoms with Crippen LogP contribution in [0.5, 0.6) is 0 Å². The zero-order valence-electron chi connectivity index (χ0n) is 12.5. The molecule has 0 aromatic carbocycles. The van der Waals surface area contributed by atoms with E-state index in [1.54, 1.807) is 14.2 Å². The number of Topliss-reactive ketones (excluding diaryl/α,β-unsaturated/α-hetero) is 1. The summed E-state index contributed by atoms with van der Waals surface area (Å²) in [6, 6.07) is 0. The van der Waals surface area contributed by atoms with Gasteiger partial charge in [0, 0.05) is 33.9 Å². The van der Waals surface area contributed by atoms with E-state index in [9.17, 15) is 4.79 Å². The number of ketones is 1. The normalized spacial score (nSPS) is 11.2. The van der Waals surface area contributed by atoms with Crippen molar-refractivity contribution in [2.45, 2.75) is 45.3 Å². The van der Waals surface area contributed by atoms with Crippen molar-refractivity contribution in [1.82, 2.24) is 0 Å². The number of hydrogen-bond donors (Lipinski definition) is 0. The molecule has 0 atom stereocenters. The fourth-order valence-electron chi connectivity index (χ4n) is 1.57. The van der Waals surface area contributed by atoms with Crippen molar-refractivity contribution >= 4 is 5.78 Å². The van der Waals surface area contributed by atoms with E-state index in [0.717, 1.165) is 19.3 Å². The van der Waals surface area contributed by atoms with Crippen LogP contribution in [0.4, 0.5) is 0 Å². The molecule has 0 unspecified atom stereocenters. The van der Waals surface area contributed by atoms with Crippen LogP contribution in [-0.2, 0) is 23.7 Å². The Kier molecular flexibility index (Phi) is 13.6. The maximum Gasteiger partial charge on any atom is 0.164 e. The second-order valence-corrected chi connectivity index (χ2v) is 4.36. The fraction of sp³-hybridized carbons (Fsp3) is 0.929. The number of rotatable bonds is 14. The highest BCUT2D eigenvalue weighted by Gasteiger charge is 2.14. The minimum Gasteiger partial charge on any atom is -0.385 e. The number of carbonyl (C=O) groups excluding carboxylic acids is 1. The molecule has 0 radical (unpaired) electrons. The van der Waals surface area contributed by atoms with Crippen LogP contribution in [0.3, 0.4) is 0 Å². The second kappa shape index (κ2) is 13.9. The van der Waals surface area contributed by atoms with Crippen molar-refractivity contribution in [3.63, 3.8) is 0 Å². The lowest BCUT2D eigenvalue weighted by atomic mass is 10.2. The lowest BCUT2D eigenvalue weighted by molar-refractivity contribution is -0.158. The van der Waals surface area contributed by atoms with Gasteiger partial charge in [-0.05, 0) is 19.3 Å². The number of ether oxygens (including phenoxy) is 4. The van der Waals surface area contributed by atoms with E-state index in [0.29, 0.717) is 39.3 Å². The fourth-order valence-corrected chi connectivity index (χ4v) is 1.57. The van der Waals surface area contributed by atoms with Gasteiger partial charge in [-0.1, -0.05) is 6.92 Å². The van der Waals surface area contributed by atoms with Gasteiger partial charge in [0.15, 0.2) is 6.29 Å². The topological polar surface area (TPSA) is 54.0 Å². The van der Waals surface area contributed by atoms with E-state index >= 15 is 0 Å². The quantitative estimate of drug-likeness (QED) is 0.359. The van der Waals surface area contributed by atoms with Crippen molar-refractivity contribution in [3.8, 4) is 0 Å². The molecule has 0 aromatic rings. The van der Waals surface area contributed by atoms with Crippen molar-refractivity contribution in [3.05, 3.63) is 0 Å². The summed E-state index contributed by atoms with van der Waals surface area (Å²) in [5, 5.41) is 0. The molecule has 0 rings (SSSR count). The molecule has 5 nitrogen and oxygen atoms in total. The monoisotopic (exact) mass is 276 g/mol. The van der Waals surface area contributed by atoms with Gasteiger partial charge in [-0.2, -0.15) is 0 Å². The van der Waals surface area contributed by atoms with E-state index in [4.69, 9.17) is 18.9 Å². The molecule has 0 bridgehead atoms. The highest BCUT2D eigenvalue weighted by Crippen LogP contribution is 2.07. The smallest absolute Gasteiger partial charge is 0.164 e. The van der Waals surface area contributed by atoms with Crippen molar-refractivity contribution in [2.75, 3.05) is 40.6 Å². The maximum absolute atomic E-state index is 11.6. The van der Waals surface area contributed by atoms with Crippen LogP contribution in [0.2, 0.25) is 0 Å². The van der Waals surface area contributed by atoms with E-state index in [1.165, 1.54) is 0 Å². The minimum absolute atomic E-state index is 0.186. The summed E-state index contributed by atoms with van der Waals surface area (Å²) in [4.78, 5) is 11.6. The molecule has 0 saturated heterocycles. The number of hydrogen-bond acceptors (Lipinski definition) is 5. The first-order valence-corrected chi connectivity index (χ1v) is 6.97. The largest absolute Gasteiger partial charge is 0.385 e. The molecule has 0 aliphatic carbocycles. The molecular formula is C14H28O5. The van der Waals surface area contributed by atoms with Gasteiger partial charge in [0.05, 0.1) is 19.6 Å². The third kappa shape index (κ3) is 12.3. The van der Waals surface area contributed by atoms with Crippen LogP contribution in [-0.4, -0.2) is 52.7 Å². The molecular weight excluding hydrogens is 248 g/mol. The second-order valence-electron chi connectivity index (χ2n) is 4.36. The maximum atomic E-state index is 11.6. The SMILES string of the molecule is CCCC(=O)CC(OCCCOC)OCCCOC. The van der Waals surface area contributed by atoms with Gasteiger partial charge in [0.25, 0.3) is 0 Å². The van der Waals surface area contributed by atoms with Gasteiger partial charge < -0.3 is 18.9 Å². The summed E-state index contributed by atoms with van der Waals surface area (Å²) >= 11 is 0. The summed E-state index contributed by atoms with van der Waals surface area (Å²) < 4.78 is 21.1. The molecule has 0 aromatic heterocycles. The summed E-state index contributed by atoms with van der Waals surface area (Å²) in [6.45, 7) is 4.38. The molecule has 0 spiro atoms. The van der Waals surface area contributed by atoms with Crippen LogP contribution in [0, 0.1) is 0 Å². The molecule has 0 saturated carbocycles. The Morgan fingerprint density at radius 1 is 0.947 bits per heavy atom. The van der Waals surface area contributed by atoms with Crippen molar-refractivity contribution in [2.24, 2.45) is 0 Å². The van der Waals surface area contributed by atoms with Gasteiger partial charge >= 0.3 is 0 Å². The van der Waals surface area contributed by atoms with Gasteiger partial charge in [-0.3, -0.25) is 4.79 Å². The summed E-state index contributed by atoms with van der Waals surface area (Å²) in [6.07, 6.45) is 2.94. The first-order chi connectivity index (χ1) is 9.24. The predicted octanol–water partition coefficient (Wildman–Crippen LogP) is 2.18. The van der Waals surface area contributed by atoms with Crippen LogP contribution >= 0.6 is 0 Å². The Balaban J connectivity index is 3.88. The van der Waals surface area contributed by atoms with E-state index in [2.05, 4.69) is 0 Å². The predicted molar refractivity (Wildman–Crippen MR) is 73.2 cm³/mol. The van der Waals surface area contributed by atoms with Gasteiger partial charge in [-0.15, -0.1) is 0 Å². The number of methoxy groups -OCH3 is 2. The van der Waals surface area contributed by atoms with E-state index in [-0.39, 0.29) is 5.78 Å². The van der Waals surface area contributed by atoms with Crippen LogP contribution < -0.4 is 0 Å². The molecule has 0 aliphatic heterocycles. The third-order valence-corrected chi connectivity index (χ3v) is 2.52. The lowest BCUT2D eigenvalue weighted by Gasteiger charge is -2.18. The molecule has 0 aliphatic rings. The zero-order valence-corrected chi connectivity index (χ0v) is 12.5. The lowest BCUT2D eigenvalue weighted by Crippen LogP contribution is -2.23. The Morgan fingerprint density at radius 2 is 1.47 bits per heavy atom. The van der Waals surface area contributed by atoms with E-state index < -0.39 is 6.29 Å². The highest BCUT2D eigenvalue weighted by atomic mass is 16.7. The average molecular weight is 276 g/mol. The van der Waals surface area contributed by atoms with Crippen molar-refractivity contribution < 1.29 is 23.7 Å². The van der Waals surface area contributed by atoms with Gasteiger partial charge in [-0.25, -0.2) is 0 Å². The Bertz CT molecular complexity index is 196. The molecule has 5 heteroatoms. The Labute approximate surface area is 116 Å². The summed E-state index contributed by atoms with van der Waals surface area (Å²) in [5.41, 5.74) is 0. The molecule has 0 N–H and O–H groups in total. The number of carbonyl (C=O) groups is 1. The zero-order chi connectivity index (χ0) is 14.3. The average Bonchev–Trinajstić information content (AvgIpc) is 2.39. The highest BCUT2D eigenvalue weighted by molar-refractivity contribution is 5.78. The molecule has 0 heterocycles. The first-order valence-electron chi connectivity index (χ1n) is 6.97. The van der Waals surface area contributed by atoms with Crippen LogP contribution in [0.1, 0.15) is 39.0 Å². The summed E-state index contributed by atoms with van der Waals surface area (Å²) in [7, 11) is 3.31.